The number of aliphatic imine (C=N–C) groups is 1. The molecule has 3 rings (SSSR count). The molecule has 2 aromatic rings. The van der Waals surface area contributed by atoms with Crippen molar-refractivity contribution in [3.05, 3.63) is 48.0 Å². The van der Waals surface area contributed by atoms with Crippen LogP contribution in [0.5, 0.6) is 11.5 Å². The predicted octanol–water partition coefficient (Wildman–Crippen LogP) is 4.46. The van der Waals surface area contributed by atoms with E-state index >= 15 is 0 Å². The van der Waals surface area contributed by atoms with Gasteiger partial charge in [0.1, 0.15) is 0 Å². The van der Waals surface area contributed by atoms with Crippen molar-refractivity contribution in [2.75, 3.05) is 38.3 Å². The Morgan fingerprint density at radius 2 is 1.85 bits per heavy atom. The van der Waals surface area contributed by atoms with E-state index in [-0.39, 0.29) is 6.10 Å². The molecule has 0 bridgehead atoms. The lowest BCUT2D eigenvalue weighted by atomic mass is 10.2. The van der Waals surface area contributed by atoms with Gasteiger partial charge < -0.3 is 19.1 Å². The average Bonchev–Trinajstić information content (AvgIpc) is 2.73. The molecule has 0 amide bonds. The largest absolute Gasteiger partial charge is 0.493 e. The Labute approximate surface area is 161 Å². The number of morpholine rings is 1. The van der Waals surface area contributed by atoms with Gasteiger partial charge in [-0.1, -0.05) is 6.92 Å². The third-order valence-corrected chi connectivity index (χ3v) is 4.68. The minimum atomic E-state index is 0.156. The number of methoxy groups -OCH3 is 1. The second-order valence-corrected chi connectivity index (χ2v) is 6.62. The number of nitrogens with zero attached hydrogens (tertiary/aromatic N) is 2. The van der Waals surface area contributed by atoms with Crippen LogP contribution in [-0.4, -0.2) is 45.7 Å². The van der Waals surface area contributed by atoms with Gasteiger partial charge in [-0.2, -0.15) is 0 Å². The third kappa shape index (κ3) is 5.23. The average molecular weight is 368 g/mol. The summed E-state index contributed by atoms with van der Waals surface area (Å²) in [5.74, 6) is 1.49. The highest BCUT2D eigenvalue weighted by Crippen LogP contribution is 2.29. The first-order valence-electron chi connectivity index (χ1n) is 9.51. The highest BCUT2D eigenvalue weighted by atomic mass is 16.5. The Bertz CT molecular complexity index is 753. The number of benzene rings is 2. The van der Waals surface area contributed by atoms with Crippen molar-refractivity contribution < 1.29 is 14.2 Å². The number of anilines is 1. The highest BCUT2D eigenvalue weighted by molar-refractivity contribution is 5.83. The van der Waals surface area contributed by atoms with Gasteiger partial charge in [-0.3, -0.25) is 4.99 Å². The normalized spacial score (nSPS) is 15.7. The lowest BCUT2D eigenvalue weighted by Gasteiger charge is -2.28. The quantitative estimate of drug-likeness (QED) is 0.677. The second-order valence-electron chi connectivity index (χ2n) is 6.62. The molecule has 0 spiro atoms. The summed E-state index contributed by atoms with van der Waals surface area (Å²) < 4.78 is 16.8. The fourth-order valence-corrected chi connectivity index (χ4v) is 2.88. The molecule has 1 atom stereocenters. The minimum absolute atomic E-state index is 0.156. The van der Waals surface area contributed by atoms with Gasteiger partial charge in [-0.05, 0) is 61.4 Å². The maximum absolute atomic E-state index is 5.89. The molecule has 0 saturated carbocycles. The molecule has 0 radical (unpaired) electrons. The van der Waals surface area contributed by atoms with Crippen LogP contribution in [0.15, 0.2) is 47.5 Å². The molecule has 5 nitrogen and oxygen atoms in total. The van der Waals surface area contributed by atoms with E-state index in [1.807, 2.05) is 36.5 Å². The van der Waals surface area contributed by atoms with Crippen LogP contribution in [0.3, 0.4) is 0 Å². The van der Waals surface area contributed by atoms with Crippen LogP contribution in [0, 0.1) is 0 Å². The van der Waals surface area contributed by atoms with E-state index in [0.717, 1.165) is 55.5 Å². The lowest BCUT2D eigenvalue weighted by molar-refractivity contribution is 0.122. The van der Waals surface area contributed by atoms with E-state index in [1.165, 1.54) is 5.69 Å². The molecule has 0 unspecified atom stereocenters. The molecule has 1 aliphatic heterocycles. The van der Waals surface area contributed by atoms with Crippen molar-refractivity contribution in [2.24, 2.45) is 4.99 Å². The summed E-state index contributed by atoms with van der Waals surface area (Å²) in [6, 6.07) is 14.2. The smallest absolute Gasteiger partial charge is 0.161 e. The number of ether oxygens (including phenoxy) is 3. The van der Waals surface area contributed by atoms with Crippen molar-refractivity contribution in [3.63, 3.8) is 0 Å². The predicted molar refractivity (Wildman–Crippen MR) is 110 cm³/mol. The van der Waals surface area contributed by atoms with E-state index in [9.17, 15) is 0 Å². The first-order chi connectivity index (χ1) is 13.2. The summed E-state index contributed by atoms with van der Waals surface area (Å²) in [4.78, 5) is 6.91. The first kappa shape index (κ1) is 19.2. The summed E-state index contributed by atoms with van der Waals surface area (Å²) >= 11 is 0. The van der Waals surface area contributed by atoms with E-state index in [1.54, 1.807) is 7.11 Å². The van der Waals surface area contributed by atoms with Gasteiger partial charge in [0.25, 0.3) is 0 Å². The van der Waals surface area contributed by atoms with E-state index in [2.05, 4.69) is 35.9 Å². The molecule has 1 fully saturated rings. The number of rotatable bonds is 7. The van der Waals surface area contributed by atoms with Gasteiger partial charge in [-0.25, -0.2) is 0 Å². The maximum Gasteiger partial charge on any atom is 0.161 e. The maximum atomic E-state index is 5.89. The second kappa shape index (κ2) is 9.42. The molecule has 144 valence electrons. The fourth-order valence-electron chi connectivity index (χ4n) is 2.88. The van der Waals surface area contributed by atoms with E-state index < -0.39 is 0 Å². The van der Waals surface area contributed by atoms with Gasteiger partial charge >= 0.3 is 0 Å². The van der Waals surface area contributed by atoms with Crippen LogP contribution in [0.25, 0.3) is 0 Å². The first-order valence-corrected chi connectivity index (χ1v) is 9.51. The standard InChI is InChI=1S/C22H28N2O3/c1-4-17(2)27-21-10-5-18(15-22(21)25-3)16-23-19-6-8-20(9-7-19)24-11-13-26-14-12-24/h5-10,15-17H,4,11-14H2,1-3H3/t17-/m0/s1. The zero-order valence-electron chi connectivity index (χ0n) is 16.4. The molecule has 0 N–H and O–H groups in total. The Morgan fingerprint density at radius 3 is 2.52 bits per heavy atom. The van der Waals surface area contributed by atoms with Gasteiger partial charge in [-0.15, -0.1) is 0 Å². The molecule has 0 aliphatic carbocycles. The highest BCUT2D eigenvalue weighted by Gasteiger charge is 2.11. The van der Waals surface area contributed by atoms with Crippen molar-refractivity contribution in [1.82, 2.24) is 0 Å². The molecule has 5 heteroatoms. The van der Waals surface area contributed by atoms with E-state index in [0.29, 0.717) is 0 Å². The summed E-state index contributed by atoms with van der Waals surface area (Å²) in [5, 5.41) is 0. The van der Waals surface area contributed by atoms with Crippen LogP contribution >= 0.6 is 0 Å². The lowest BCUT2D eigenvalue weighted by Crippen LogP contribution is -2.36. The summed E-state index contributed by atoms with van der Waals surface area (Å²) in [7, 11) is 1.66. The van der Waals surface area contributed by atoms with Crippen molar-refractivity contribution >= 4 is 17.6 Å². The molecule has 1 aliphatic rings. The Kier molecular flexibility index (Phi) is 6.71. The zero-order valence-corrected chi connectivity index (χ0v) is 16.4. The van der Waals surface area contributed by atoms with Crippen molar-refractivity contribution in [1.29, 1.82) is 0 Å². The molecular formula is C22H28N2O3. The molecule has 2 aromatic carbocycles. The zero-order chi connectivity index (χ0) is 19.1. The fraction of sp³-hybridized carbons (Fsp3) is 0.409. The molecule has 0 aromatic heterocycles. The van der Waals surface area contributed by atoms with Crippen molar-refractivity contribution in [2.45, 2.75) is 26.4 Å². The number of hydrogen-bond acceptors (Lipinski definition) is 5. The summed E-state index contributed by atoms with van der Waals surface area (Å²) in [5.41, 5.74) is 3.11. The van der Waals surface area contributed by atoms with E-state index in [4.69, 9.17) is 14.2 Å². The SMILES string of the molecule is CC[C@H](C)Oc1ccc(C=Nc2ccc(N3CCOCC3)cc2)cc1OC. The molecular weight excluding hydrogens is 340 g/mol. The monoisotopic (exact) mass is 368 g/mol. The minimum Gasteiger partial charge on any atom is -0.493 e. The summed E-state index contributed by atoms with van der Waals surface area (Å²) in [6.07, 6.45) is 2.95. The Balaban J connectivity index is 1.68. The van der Waals surface area contributed by atoms with Crippen LogP contribution in [0.2, 0.25) is 0 Å². The molecule has 1 heterocycles. The van der Waals surface area contributed by atoms with Gasteiger partial charge in [0.2, 0.25) is 0 Å². The Hall–Kier alpha value is -2.53. The number of hydrogen-bond donors (Lipinski definition) is 0. The third-order valence-electron chi connectivity index (χ3n) is 4.68. The van der Waals surface area contributed by atoms with Crippen molar-refractivity contribution in [3.8, 4) is 11.5 Å². The molecule has 27 heavy (non-hydrogen) atoms. The van der Waals surface area contributed by atoms with Crippen LogP contribution in [0.4, 0.5) is 11.4 Å². The van der Waals surface area contributed by atoms with Gasteiger partial charge in [0.05, 0.1) is 32.1 Å². The Morgan fingerprint density at radius 1 is 1.11 bits per heavy atom. The molecule has 1 saturated heterocycles. The van der Waals surface area contributed by atoms with Crippen LogP contribution < -0.4 is 14.4 Å². The van der Waals surface area contributed by atoms with Gasteiger partial charge in [0.15, 0.2) is 11.5 Å². The summed E-state index contributed by atoms with van der Waals surface area (Å²) in [6.45, 7) is 7.61. The topological polar surface area (TPSA) is 43.3 Å². The van der Waals surface area contributed by atoms with Gasteiger partial charge in [0, 0.05) is 25.0 Å². The van der Waals surface area contributed by atoms with Crippen LogP contribution in [-0.2, 0) is 4.74 Å². The van der Waals surface area contributed by atoms with Crippen LogP contribution in [0.1, 0.15) is 25.8 Å².